The number of hydrogen-bond donors (Lipinski definition) is 2. The molecule has 0 bridgehead atoms. The lowest BCUT2D eigenvalue weighted by atomic mass is 10.1. The number of nitrogens with one attached hydrogen (secondary N) is 1. The standard InChI is InChI=1S/C16H15BrN2O2/c1-10(14-5-4-13(21-2)8-16(14)20)19-15-6-3-12(17)7-11(15)9-18/h3-8,10,19-20H,1-2H3. The van der Waals surface area contributed by atoms with Crippen molar-refractivity contribution < 1.29 is 9.84 Å². The zero-order valence-corrected chi connectivity index (χ0v) is 13.3. The van der Waals surface area contributed by atoms with Crippen LogP contribution >= 0.6 is 15.9 Å². The fraction of sp³-hybridized carbons (Fsp3) is 0.188. The summed E-state index contributed by atoms with van der Waals surface area (Å²) < 4.78 is 5.92. The molecule has 0 aliphatic rings. The SMILES string of the molecule is COc1ccc(C(C)Nc2ccc(Br)cc2C#N)c(O)c1. The first kappa shape index (κ1) is 15.2. The maximum atomic E-state index is 10.0. The number of hydrogen-bond acceptors (Lipinski definition) is 4. The normalized spacial score (nSPS) is 11.5. The largest absolute Gasteiger partial charge is 0.507 e. The number of nitriles is 1. The Bertz CT molecular complexity index is 695. The predicted octanol–water partition coefficient (Wildman–Crippen LogP) is 4.21. The summed E-state index contributed by atoms with van der Waals surface area (Å²) in [6, 6.07) is 12.6. The Labute approximate surface area is 132 Å². The smallest absolute Gasteiger partial charge is 0.124 e. The number of anilines is 1. The molecule has 2 aromatic carbocycles. The van der Waals surface area contributed by atoms with E-state index >= 15 is 0 Å². The van der Waals surface area contributed by atoms with E-state index in [4.69, 9.17) is 4.74 Å². The van der Waals surface area contributed by atoms with Crippen molar-refractivity contribution in [2.75, 3.05) is 12.4 Å². The minimum atomic E-state index is -0.149. The van der Waals surface area contributed by atoms with Crippen LogP contribution in [0, 0.1) is 11.3 Å². The maximum absolute atomic E-state index is 10.0. The van der Waals surface area contributed by atoms with E-state index in [-0.39, 0.29) is 11.8 Å². The quantitative estimate of drug-likeness (QED) is 0.870. The monoisotopic (exact) mass is 346 g/mol. The van der Waals surface area contributed by atoms with E-state index in [1.165, 1.54) is 0 Å². The van der Waals surface area contributed by atoms with E-state index in [9.17, 15) is 10.4 Å². The lowest BCUT2D eigenvalue weighted by Crippen LogP contribution is -2.08. The molecule has 4 nitrogen and oxygen atoms in total. The molecule has 2 N–H and O–H groups in total. The molecular weight excluding hydrogens is 332 g/mol. The van der Waals surface area contributed by atoms with Gasteiger partial charge in [0.15, 0.2) is 0 Å². The summed E-state index contributed by atoms with van der Waals surface area (Å²) in [5.74, 6) is 0.759. The van der Waals surface area contributed by atoms with Crippen LogP contribution in [0.1, 0.15) is 24.1 Å². The number of rotatable bonds is 4. The average Bonchev–Trinajstić information content (AvgIpc) is 2.48. The third-order valence-corrected chi connectivity index (χ3v) is 3.67. The molecule has 0 amide bonds. The van der Waals surface area contributed by atoms with E-state index in [0.717, 1.165) is 15.7 Å². The second kappa shape index (κ2) is 6.51. The number of phenolic OH excluding ortho intramolecular Hbond substituents is 1. The molecule has 0 fully saturated rings. The van der Waals surface area contributed by atoms with Gasteiger partial charge in [-0.25, -0.2) is 0 Å². The molecule has 108 valence electrons. The summed E-state index contributed by atoms with van der Waals surface area (Å²) >= 11 is 3.34. The molecule has 0 saturated heterocycles. The van der Waals surface area contributed by atoms with Gasteiger partial charge in [-0.1, -0.05) is 15.9 Å². The van der Waals surface area contributed by atoms with Gasteiger partial charge in [-0.3, -0.25) is 0 Å². The highest BCUT2D eigenvalue weighted by Gasteiger charge is 2.13. The maximum Gasteiger partial charge on any atom is 0.124 e. The minimum Gasteiger partial charge on any atom is -0.507 e. The fourth-order valence-electron chi connectivity index (χ4n) is 2.06. The van der Waals surface area contributed by atoms with Gasteiger partial charge in [0.25, 0.3) is 0 Å². The number of methoxy groups -OCH3 is 1. The molecule has 1 unspecified atom stereocenters. The molecule has 0 heterocycles. The third kappa shape index (κ3) is 3.47. The molecule has 0 aliphatic carbocycles. The van der Waals surface area contributed by atoms with Crippen LogP contribution in [-0.2, 0) is 0 Å². The van der Waals surface area contributed by atoms with Crippen LogP contribution in [-0.4, -0.2) is 12.2 Å². The highest BCUT2D eigenvalue weighted by Crippen LogP contribution is 2.31. The van der Waals surface area contributed by atoms with Crippen LogP contribution in [0.15, 0.2) is 40.9 Å². The number of ether oxygens (including phenoxy) is 1. The fourth-order valence-corrected chi connectivity index (χ4v) is 2.42. The zero-order chi connectivity index (χ0) is 15.4. The van der Waals surface area contributed by atoms with Crippen LogP contribution in [0.2, 0.25) is 0 Å². The van der Waals surface area contributed by atoms with Gasteiger partial charge in [-0.2, -0.15) is 5.26 Å². The molecule has 0 spiro atoms. The summed E-state index contributed by atoms with van der Waals surface area (Å²) in [5.41, 5.74) is 2.01. The van der Waals surface area contributed by atoms with E-state index in [0.29, 0.717) is 11.3 Å². The molecule has 21 heavy (non-hydrogen) atoms. The Morgan fingerprint density at radius 2 is 2.05 bits per heavy atom. The van der Waals surface area contributed by atoms with Crippen molar-refractivity contribution in [1.29, 1.82) is 5.26 Å². The molecule has 0 aliphatic heterocycles. The molecule has 1 atom stereocenters. The summed E-state index contributed by atoms with van der Waals surface area (Å²) in [6.07, 6.45) is 0. The van der Waals surface area contributed by atoms with Gasteiger partial charge in [0.1, 0.15) is 17.6 Å². The summed E-state index contributed by atoms with van der Waals surface area (Å²) in [5, 5.41) is 22.5. The van der Waals surface area contributed by atoms with E-state index < -0.39 is 0 Å². The first-order valence-corrected chi connectivity index (χ1v) is 7.17. The Morgan fingerprint density at radius 3 is 2.67 bits per heavy atom. The predicted molar refractivity (Wildman–Crippen MR) is 85.6 cm³/mol. The van der Waals surface area contributed by atoms with Crippen LogP contribution < -0.4 is 10.1 Å². The van der Waals surface area contributed by atoms with Gasteiger partial charge >= 0.3 is 0 Å². The van der Waals surface area contributed by atoms with Gasteiger partial charge in [0, 0.05) is 16.1 Å². The van der Waals surface area contributed by atoms with Gasteiger partial charge in [0.2, 0.25) is 0 Å². The number of halogens is 1. The van der Waals surface area contributed by atoms with Crippen molar-refractivity contribution in [3.8, 4) is 17.6 Å². The van der Waals surface area contributed by atoms with E-state index in [1.54, 1.807) is 31.4 Å². The van der Waals surface area contributed by atoms with Crippen molar-refractivity contribution in [2.45, 2.75) is 13.0 Å². The molecule has 0 aromatic heterocycles. The minimum absolute atomic E-state index is 0.149. The molecule has 0 radical (unpaired) electrons. The van der Waals surface area contributed by atoms with E-state index in [1.807, 2.05) is 19.1 Å². The van der Waals surface area contributed by atoms with Gasteiger partial charge in [-0.15, -0.1) is 0 Å². The van der Waals surface area contributed by atoms with Crippen LogP contribution in [0.5, 0.6) is 11.5 Å². The number of phenols is 1. The number of nitrogens with zero attached hydrogens (tertiary/aromatic N) is 1. The average molecular weight is 347 g/mol. The lowest BCUT2D eigenvalue weighted by Gasteiger charge is -2.18. The third-order valence-electron chi connectivity index (χ3n) is 3.18. The molecular formula is C16H15BrN2O2. The Morgan fingerprint density at radius 1 is 1.29 bits per heavy atom. The molecule has 2 rings (SSSR count). The second-order valence-electron chi connectivity index (χ2n) is 4.59. The molecule has 2 aromatic rings. The van der Waals surface area contributed by atoms with Crippen molar-refractivity contribution in [3.63, 3.8) is 0 Å². The topological polar surface area (TPSA) is 65.3 Å². The Balaban J connectivity index is 2.26. The highest BCUT2D eigenvalue weighted by molar-refractivity contribution is 9.10. The van der Waals surface area contributed by atoms with Crippen molar-refractivity contribution >= 4 is 21.6 Å². The van der Waals surface area contributed by atoms with Crippen LogP contribution in [0.3, 0.4) is 0 Å². The Hall–Kier alpha value is -2.19. The molecule has 0 saturated carbocycles. The van der Waals surface area contributed by atoms with E-state index in [2.05, 4.69) is 27.3 Å². The second-order valence-corrected chi connectivity index (χ2v) is 5.51. The van der Waals surface area contributed by atoms with Gasteiger partial charge < -0.3 is 15.2 Å². The summed E-state index contributed by atoms with van der Waals surface area (Å²) in [4.78, 5) is 0. The van der Waals surface area contributed by atoms with Crippen molar-refractivity contribution in [1.82, 2.24) is 0 Å². The highest BCUT2D eigenvalue weighted by atomic mass is 79.9. The first-order valence-electron chi connectivity index (χ1n) is 6.38. The number of benzene rings is 2. The van der Waals surface area contributed by atoms with Gasteiger partial charge in [0.05, 0.1) is 24.4 Å². The van der Waals surface area contributed by atoms with Crippen LogP contribution in [0.25, 0.3) is 0 Å². The van der Waals surface area contributed by atoms with Crippen LogP contribution in [0.4, 0.5) is 5.69 Å². The van der Waals surface area contributed by atoms with Gasteiger partial charge in [-0.05, 0) is 37.3 Å². The first-order chi connectivity index (χ1) is 10.0. The molecule has 5 heteroatoms. The van der Waals surface area contributed by atoms with Crippen molar-refractivity contribution in [3.05, 3.63) is 52.0 Å². The zero-order valence-electron chi connectivity index (χ0n) is 11.7. The summed E-state index contributed by atoms with van der Waals surface area (Å²) in [7, 11) is 1.55. The Kier molecular flexibility index (Phi) is 4.71. The summed E-state index contributed by atoms with van der Waals surface area (Å²) in [6.45, 7) is 1.92. The lowest BCUT2D eigenvalue weighted by molar-refractivity contribution is 0.406. The van der Waals surface area contributed by atoms with Crippen molar-refractivity contribution in [2.24, 2.45) is 0 Å². The number of aromatic hydroxyl groups is 1.